The fourth-order valence-corrected chi connectivity index (χ4v) is 1.17. The molecule has 0 fully saturated rings. The Morgan fingerprint density at radius 1 is 1.47 bits per heavy atom. The number of aliphatic hydroxyl groups excluding tert-OH is 1. The van der Waals surface area contributed by atoms with Gasteiger partial charge in [0.1, 0.15) is 5.69 Å². The molecule has 17 heavy (non-hydrogen) atoms. The summed E-state index contributed by atoms with van der Waals surface area (Å²) >= 11 is 0. The fourth-order valence-electron chi connectivity index (χ4n) is 1.17. The van der Waals surface area contributed by atoms with E-state index in [4.69, 9.17) is 10.2 Å². The van der Waals surface area contributed by atoms with Crippen LogP contribution in [0.3, 0.4) is 0 Å². The Balaban J connectivity index is 2.86. The minimum Gasteiger partial charge on any atom is -0.477 e. The number of aromatic carboxylic acids is 1. The number of aliphatic hydroxyl groups is 1. The predicted octanol–water partition coefficient (Wildman–Crippen LogP) is 0.233. The number of aromatic nitrogens is 1. The lowest BCUT2D eigenvalue weighted by atomic mass is 10.2. The number of carbonyl (C=O) groups is 2. The Morgan fingerprint density at radius 3 is 2.53 bits per heavy atom. The molecule has 1 unspecified atom stereocenters. The molecule has 1 amide bonds. The van der Waals surface area contributed by atoms with Crippen molar-refractivity contribution in [2.75, 3.05) is 13.7 Å². The van der Waals surface area contributed by atoms with Crippen molar-refractivity contribution < 1.29 is 19.8 Å². The second-order valence-corrected chi connectivity index (χ2v) is 3.68. The van der Waals surface area contributed by atoms with E-state index in [0.717, 1.165) is 0 Å². The predicted molar refractivity (Wildman–Crippen MR) is 59.8 cm³/mol. The molecule has 1 aromatic heterocycles. The van der Waals surface area contributed by atoms with E-state index >= 15 is 0 Å². The summed E-state index contributed by atoms with van der Waals surface area (Å²) in [5, 5.41) is 17.6. The smallest absolute Gasteiger partial charge is 0.354 e. The first kappa shape index (κ1) is 13.1. The van der Waals surface area contributed by atoms with E-state index in [1.165, 1.54) is 23.2 Å². The molecule has 0 radical (unpaired) electrons. The van der Waals surface area contributed by atoms with Crippen LogP contribution >= 0.6 is 0 Å². The van der Waals surface area contributed by atoms with Gasteiger partial charge in [0.2, 0.25) is 0 Å². The molecule has 0 saturated heterocycles. The lowest BCUT2D eigenvalue weighted by Gasteiger charge is -2.22. The van der Waals surface area contributed by atoms with Crippen LogP contribution in [-0.2, 0) is 0 Å². The zero-order chi connectivity index (χ0) is 13.0. The van der Waals surface area contributed by atoms with Gasteiger partial charge in [-0.25, -0.2) is 9.78 Å². The molecule has 1 aromatic rings. The van der Waals surface area contributed by atoms with Gasteiger partial charge in [-0.2, -0.15) is 0 Å². The third kappa shape index (κ3) is 3.01. The number of pyridine rings is 1. The molecule has 92 valence electrons. The molecule has 1 atom stereocenters. The van der Waals surface area contributed by atoms with Crippen LogP contribution in [0, 0.1) is 0 Å². The third-order valence-electron chi connectivity index (χ3n) is 2.48. The van der Waals surface area contributed by atoms with E-state index in [9.17, 15) is 9.59 Å². The minimum absolute atomic E-state index is 0.112. The number of carbonyl (C=O) groups excluding carboxylic acids is 1. The summed E-state index contributed by atoms with van der Waals surface area (Å²) in [7, 11) is 1.56. The largest absolute Gasteiger partial charge is 0.477 e. The van der Waals surface area contributed by atoms with Crippen LogP contribution in [0.5, 0.6) is 0 Å². The number of carboxylic acids is 1. The quantitative estimate of drug-likeness (QED) is 0.783. The average Bonchev–Trinajstić information content (AvgIpc) is 2.36. The Labute approximate surface area is 98.5 Å². The number of likely N-dealkylation sites (N-methyl/N-ethyl adjacent to an activating group) is 1. The monoisotopic (exact) mass is 238 g/mol. The number of carboxylic acid groups (broad SMARTS) is 1. The number of hydrogen-bond donors (Lipinski definition) is 2. The highest BCUT2D eigenvalue weighted by Gasteiger charge is 2.17. The van der Waals surface area contributed by atoms with Crippen molar-refractivity contribution >= 4 is 11.9 Å². The van der Waals surface area contributed by atoms with E-state index in [2.05, 4.69) is 4.98 Å². The summed E-state index contributed by atoms with van der Waals surface area (Å²) < 4.78 is 0. The summed E-state index contributed by atoms with van der Waals surface area (Å²) in [4.78, 5) is 27.5. The first-order valence-corrected chi connectivity index (χ1v) is 5.04. The van der Waals surface area contributed by atoms with Crippen molar-refractivity contribution in [1.29, 1.82) is 0 Å². The highest BCUT2D eigenvalue weighted by molar-refractivity contribution is 5.94. The van der Waals surface area contributed by atoms with Crippen molar-refractivity contribution in [1.82, 2.24) is 9.88 Å². The Hall–Kier alpha value is -1.95. The fraction of sp³-hybridized carbons (Fsp3) is 0.364. The van der Waals surface area contributed by atoms with Gasteiger partial charge < -0.3 is 15.1 Å². The maximum absolute atomic E-state index is 11.9. The van der Waals surface area contributed by atoms with Gasteiger partial charge in [-0.3, -0.25) is 4.79 Å². The third-order valence-corrected chi connectivity index (χ3v) is 2.48. The molecular weight excluding hydrogens is 224 g/mol. The molecule has 0 aliphatic rings. The van der Waals surface area contributed by atoms with E-state index < -0.39 is 5.97 Å². The molecule has 6 heteroatoms. The topological polar surface area (TPSA) is 90.7 Å². The molecule has 0 saturated carbocycles. The standard InChI is InChI=1S/C11H14N2O4/c1-7(6-14)13(2)10(15)8-3-4-9(11(16)17)12-5-8/h3-5,7,14H,6H2,1-2H3,(H,16,17). The molecular formula is C11H14N2O4. The zero-order valence-corrected chi connectivity index (χ0v) is 9.62. The van der Waals surface area contributed by atoms with Gasteiger partial charge in [0, 0.05) is 13.2 Å². The Morgan fingerprint density at radius 2 is 2.12 bits per heavy atom. The lowest BCUT2D eigenvalue weighted by Crippen LogP contribution is -2.37. The van der Waals surface area contributed by atoms with Crippen LogP contribution in [0.2, 0.25) is 0 Å². The molecule has 0 aliphatic carbocycles. The number of nitrogens with zero attached hydrogens (tertiary/aromatic N) is 2. The number of hydrogen-bond acceptors (Lipinski definition) is 4. The molecule has 0 bridgehead atoms. The lowest BCUT2D eigenvalue weighted by molar-refractivity contribution is 0.0671. The van der Waals surface area contributed by atoms with E-state index in [1.54, 1.807) is 14.0 Å². The molecule has 0 aliphatic heterocycles. The maximum Gasteiger partial charge on any atom is 0.354 e. The molecule has 1 rings (SSSR count). The van der Waals surface area contributed by atoms with Crippen LogP contribution in [0.1, 0.15) is 27.8 Å². The summed E-state index contributed by atoms with van der Waals surface area (Å²) in [5.41, 5.74) is 0.178. The van der Waals surface area contributed by atoms with Crippen LogP contribution < -0.4 is 0 Å². The van der Waals surface area contributed by atoms with Gasteiger partial charge in [0.15, 0.2) is 0 Å². The molecule has 0 spiro atoms. The Kier molecular flexibility index (Phi) is 4.17. The van der Waals surface area contributed by atoms with Crippen molar-refractivity contribution in [3.05, 3.63) is 29.6 Å². The summed E-state index contributed by atoms with van der Waals surface area (Å²) in [6, 6.07) is 2.37. The van der Waals surface area contributed by atoms with Crippen LogP contribution in [0.4, 0.5) is 0 Å². The molecule has 2 N–H and O–H groups in total. The first-order valence-electron chi connectivity index (χ1n) is 5.04. The summed E-state index contributed by atoms with van der Waals surface area (Å²) in [6.45, 7) is 1.57. The van der Waals surface area contributed by atoms with Gasteiger partial charge in [0.05, 0.1) is 18.2 Å². The average molecular weight is 238 g/mol. The van der Waals surface area contributed by atoms with Crippen molar-refractivity contribution in [3.63, 3.8) is 0 Å². The van der Waals surface area contributed by atoms with Crippen LogP contribution in [0.25, 0.3) is 0 Å². The van der Waals surface area contributed by atoms with Crippen molar-refractivity contribution in [2.45, 2.75) is 13.0 Å². The normalized spacial score (nSPS) is 11.9. The second kappa shape index (κ2) is 5.40. The first-order chi connectivity index (χ1) is 7.97. The molecule has 0 aromatic carbocycles. The van der Waals surface area contributed by atoms with E-state index in [-0.39, 0.29) is 29.8 Å². The second-order valence-electron chi connectivity index (χ2n) is 3.68. The van der Waals surface area contributed by atoms with Crippen molar-refractivity contribution in [2.24, 2.45) is 0 Å². The van der Waals surface area contributed by atoms with Gasteiger partial charge in [-0.1, -0.05) is 0 Å². The summed E-state index contributed by atoms with van der Waals surface area (Å²) in [6.07, 6.45) is 1.21. The van der Waals surface area contributed by atoms with Crippen LogP contribution in [0.15, 0.2) is 18.3 Å². The number of amides is 1. The minimum atomic E-state index is -1.14. The van der Waals surface area contributed by atoms with Gasteiger partial charge >= 0.3 is 5.97 Å². The highest BCUT2D eigenvalue weighted by atomic mass is 16.4. The SMILES string of the molecule is CC(CO)N(C)C(=O)c1ccc(C(=O)O)nc1. The number of rotatable bonds is 4. The molecule has 6 nitrogen and oxygen atoms in total. The summed E-state index contributed by atoms with van der Waals surface area (Å²) in [5.74, 6) is -1.45. The van der Waals surface area contributed by atoms with Gasteiger partial charge in [0.25, 0.3) is 5.91 Å². The van der Waals surface area contributed by atoms with Crippen LogP contribution in [-0.4, -0.2) is 51.7 Å². The highest BCUT2D eigenvalue weighted by Crippen LogP contribution is 2.06. The van der Waals surface area contributed by atoms with Gasteiger partial charge in [-0.15, -0.1) is 0 Å². The van der Waals surface area contributed by atoms with Crippen molar-refractivity contribution in [3.8, 4) is 0 Å². The Bertz CT molecular complexity index is 416. The van der Waals surface area contributed by atoms with Gasteiger partial charge in [-0.05, 0) is 19.1 Å². The maximum atomic E-state index is 11.9. The zero-order valence-electron chi connectivity index (χ0n) is 9.62. The van der Waals surface area contributed by atoms with E-state index in [1.807, 2.05) is 0 Å². The molecule has 1 heterocycles. The van der Waals surface area contributed by atoms with E-state index in [0.29, 0.717) is 0 Å².